The summed E-state index contributed by atoms with van der Waals surface area (Å²) in [6.45, 7) is 1.80. The van der Waals surface area contributed by atoms with Gasteiger partial charge in [-0.05, 0) is 12.8 Å². The maximum atomic E-state index is 11.8. The van der Waals surface area contributed by atoms with E-state index in [0.29, 0.717) is 13.0 Å². The second-order valence-corrected chi connectivity index (χ2v) is 4.90. The van der Waals surface area contributed by atoms with Crippen LogP contribution in [0.2, 0.25) is 0 Å². The summed E-state index contributed by atoms with van der Waals surface area (Å²) in [6.07, 6.45) is 2.32. The Balaban J connectivity index is 2.74. The van der Waals surface area contributed by atoms with Gasteiger partial charge in [-0.3, -0.25) is 9.59 Å². The zero-order valence-corrected chi connectivity index (χ0v) is 10.6. The number of carbonyl (C=O) groups excluding carboxylic acids is 2. The van der Waals surface area contributed by atoms with Gasteiger partial charge in [-0.1, -0.05) is 29.6 Å². The first kappa shape index (κ1) is 13.6. The maximum absolute atomic E-state index is 11.8. The molecule has 0 spiro atoms. The van der Waals surface area contributed by atoms with Crippen LogP contribution in [0.5, 0.6) is 0 Å². The van der Waals surface area contributed by atoms with Crippen LogP contribution in [0.3, 0.4) is 0 Å². The minimum absolute atomic E-state index is 0.0601. The van der Waals surface area contributed by atoms with E-state index in [4.69, 9.17) is 27.9 Å². The van der Waals surface area contributed by atoms with E-state index in [2.05, 4.69) is 0 Å². The number of nitrogens with zero attached hydrogens (tertiary/aromatic N) is 1. The lowest BCUT2D eigenvalue weighted by molar-refractivity contribution is -0.161. The van der Waals surface area contributed by atoms with Gasteiger partial charge in [0.15, 0.2) is 4.84 Å². The van der Waals surface area contributed by atoms with E-state index < -0.39 is 17.0 Å². The molecule has 1 aliphatic rings. The monoisotopic (exact) mass is 267 g/mol. The number of amides is 1. The number of rotatable bonds is 3. The fourth-order valence-corrected chi connectivity index (χ4v) is 2.07. The van der Waals surface area contributed by atoms with Crippen LogP contribution < -0.4 is 0 Å². The third-order valence-corrected chi connectivity index (χ3v) is 2.85. The van der Waals surface area contributed by atoms with E-state index in [1.54, 1.807) is 0 Å². The predicted molar refractivity (Wildman–Crippen MR) is 61.2 cm³/mol. The van der Waals surface area contributed by atoms with Crippen molar-refractivity contribution < 1.29 is 14.3 Å². The molecule has 1 rings (SSSR count). The van der Waals surface area contributed by atoms with Gasteiger partial charge in [-0.2, -0.15) is 0 Å². The first-order valence-corrected chi connectivity index (χ1v) is 6.14. The minimum atomic E-state index is -0.925. The second-order valence-electron chi connectivity index (χ2n) is 3.73. The van der Waals surface area contributed by atoms with Crippen molar-refractivity contribution in [3.8, 4) is 0 Å². The van der Waals surface area contributed by atoms with Crippen LogP contribution in [-0.2, 0) is 14.3 Å². The Bertz CT molecular complexity index is 271. The lowest BCUT2D eigenvalue weighted by Gasteiger charge is -2.30. The molecule has 0 saturated carbocycles. The molecule has 6 heteroatoms. The Morgan fingerprint density at radius 2 is 2.06 bits per heavy atom. The maximum Gasteiger partial charge on any atom is 0.304 e. The second kappa shape index (κ2) is 6.30. The summed E-state index contributed by atoms with van der Waals surface area (Å²) in [6, 6.07) is 0. The Labute approximate surface area is 105 Å². The van der Waals surface area contributed by atoms with Crippen LogP contribution in [0.15, 0.2) is 0 Å². The van der Waals surface area contributed by atoms with Gasteiger partial charge in [0.2, 0.25) is 12.1 Å². The molecule has 1 saturated heterocycles. The van der Waals surface area contributed by atoms with Crippen LogP contribution in [0, 0.1) is 0 Å². The standard InChI is InChI=1S/C10H15Cl2NO3/c1-7(14)16-10(9(11)12)13-6-4-2-3-5-8(13)15/h9-10H,2-6H2,1H3. The normalized spacial score (nSPS) is 19.5. The molecule has 0 aromatic rings. The summed E-state index contributed by atoms with van der Waals surface area (Å²) in [5, 5.41) is 0. The fraction of sp³-hybridized carbons (Fsp3) is 0.800. The summed E-state index contributed by atoms with van der Waals surface area (Å²) in [5.74, 6) is -0.552. The van der Waals surface area contributed by atoms with Gasteiger partial charge >= 0.3 is 5.97 Å². The van der Waals surface area contributed by atoms with Crippen molar-refractivity contribution >= 4 is 35.1 Å². The van der Waals surface area contributed by atoms with Crippen molar-refractivity contribution in [3.63, 3.8) is 0 Å². The third kappa shape index (κ3) is 3.83. The molecule has 0 aromatic carbocycles. The van der Waals surface area contributed by atoms with E-state index in [9.17, 15) is 9.59 Å². The highest BCUT2D eigenvalue weighted by atomic mass is 35.5. The Hall–Kier alpha value is -0.480. The number of alkyl halides is 2. The SMILES string of the molecule is CC(=O)OC(C(Cl)Cl)N1CCCCCC1=O. The first-order chi connectivity index (χ1) is 7.52. The average Bonchev–Trinajstić information content (AvgIpc) is 2.39. The van der Waals surface area contributed by atoms with Gasteiger partial charge in [0, 0.05) is 19.9 Å². The lowest BCUT2D eigenvalue weighted by atomic mass is 10.2. The number of hydrogen-bond acceptors (Lipinski definition) is 3. The molecule has 1 heterocycles. The molecule has 1 atom stereocenters. The van der Waals surface area contributed by atoms with Crippen molar-refractivity contribution in [1.82, 2.24) is 4.90 Å². The molecule has 1 aliphatic heterocycles. The molecule has 0 N–H and O–H groups in total. The zero-order valence-electron chi connectivity index (χ0n) is 9.12. The number of esters is 1. The van der Waals surface area contributed by atoms with Gasteiger partial charge in [0.25, 0.3) is 0 Å². The molecule has 1 amide bonds. The Morgan fingerprint density at radius 3 is 2.62 bits per heavy atom. The molecule has 0 aromatic heterocycles. The fourth-order valence-electron chi connectivity index (χ4n) is 1.69. The summed E-state index contributed by atoms with van der Waals surface area (Å²) in [7, 11) is 0. The van der Waals surface area contributed by atoms with Crippen molar-refractivity contribution in [2.75, 3.05) is 6.54 Å². The van der Waals surface area contributed by atoms with Gasteiger partial charge in [-0.25, -0.2) is 0 Å². The van der Waals surface area contributed by atoms with Crippen LogP contribution in [0.25, 0.3) is 0 Å². The lowest BCUT2D eigenvalue weighted by Crippen LogP contribution is -2.46. The highest BCUT2D eigenvalue weighted by molar-refractivity contribution is 6.44. The van der Waals surface area contributed by atoms with Gasteiger partial charge < -0.3 is 9.64 Å². The van der Waals surface area contributed by atoms with Crippen LogP contribution >= 0.6 is 23.2 Å². The summed E-state index contributed by atoms with van der Waals surface area (Å²) in [5.41, 5.74) is 0. The summed E-state index contributed by atoms with van der Waals surface area (Å²) in [4.78, 5) is 23.2. The van der Waals surface area contributed by atoms with Crippen LogP contribution in [0.4, 0.5) is 0 Å². The van der Waals surface area contributed by atoms with Crippen molar-refractivity contribution in [2.45, 2.75) is 43.7 Å². The van der Waals surface area contributed by atoms with E-state index in [1.165, 1.54) is 11.8 Å². The number of carbonyl (C=O) groups is 2. The van der Waals surface area contributed by atoms with Crippen molar-refractivity contribution in [1.29, 1.82) is 0 Å². The highest BCUT2D eigenvalue weighted by Crippen LogP contribution is 2.21. The Kier molecular flexibility index (Phi) is 5.35. The van der Waals surface area contributed by atoms with E-state index in [-0.39, 0.29) is 5.91 Å². The third-order valence-electron chi connectivity index (χ3n) is 2.42. The van der Waals surface area contributed by atoms with E-state index in [1.807, 2.05) is 0 Å². The number of likely N-dealkylation sites (tertiary alicyclic amines) is 1. The largest absolute Gasteiger partial charge is 0.439 e. The van der Waals surface area contributed by atoms with Gasteiger partial charge in [0.1, 0.15) is 0 Å². The summed E-state index contributed by atoms with van der Waals surface area (Å²) >= 11 is 11.5. The number of halogens is 2. The minimum Gasteiger partial charge on any atom is -0.439 e. The molecule has 1 unspecified atom stereocenters. The van der Waals surface area contributed by atoms with Gasteiger partial charge in [0.05, 0.1) is 0 Å². The van der Waals surface area contributed by atoms with Crippen molar-refractivity contribution in [2.24, 2.45) is 0 Å². The molecular formula is C10H15Cl2NO3. The molecule has 0 bridgehead atoms. The predicted octanol–water partition coefficient (Wildman–Crippen LogP) is 2.08. The zero-order chi connectivity index (χ0) is 12.1. The molecule has 92 valence electrons. The quantitative estimate of drug-likeness (QED) is 0.581. The average molecular weight is 268 g/mol. The van der Waals surface area contributed by atoms with Crippen molar-refractivity contribution in [3.05, 3.63) is 0 Å². The number of ether oxygens (including phenoxy) is 1. The molecule has 0 radical (unpaired) electrons. The van der Waals surface area contributed by atoms with Crippen LogP contribution in [0.1, 0.15) is 32.6 Å². The smallest absolute Gasteiger partial charge is 0.304 e. The van der Waals surface area contributed by atoms with E-state index >= 15 is 0 Å². The molecule has 1 fully saturated rings. The van der Waals surface area contributed by atoms with Gasteiger partial charge in [-0.15, -0.1) is 0 Å². The van der Waals surface area contributed by atoms with Crippen LogP contribution in [-0.4, -0.2) is 34.4 Å². The van der Waals surface area contributed by atoms with E-state index in [0.717, 1.165) is 19.3 Å². The molecular weight excluding hydrogens is 253 g/mol. The first-order valence-electron chi connectivity index (χ1n) is 5.27. The molecule has 16 heavy (non-hydrogen) atoms. The summed E-state index contributed by atoms with van der Waals surface area (Å²) < 4.78 is 4.98. The topological polar surface area (TPSA) is 46.6 Å². The molecule has 0 aliphatic carbocycles. The number of hydrogen-bond donors (Lipinski definition) is 0. The highest BCUT2D eigenvalue weighted by Gasteiger charge is 2.31. The molecule has 4 nitrogen and oxygen atoms in total. The Morgan fingerprint density at radius 1 is 1.38 bits per heavy atom.